The third-order valence-corrected chi connectivity index (χ3v) is 11.9. The monoisotopic (exact) mass is 658 g/mol. The molecule has 1 unspecified atom stereocenters. The van der Waals surface area contributed by atoms with Crippen LogP contribution in [0, 0.1) is 0 Å². The van der Waals surface area contributed by atoms with E-state index < -0.39 is 5.41 Å². The molecule has 0 fully saturated rings. The van der Waals surface area contributed by atoms with Crippen LogP contribution in [0.5, 0.6) is 11.5 Å². The molecule has 1 aliphatic heterocycles. The molecule has 0 saturated heterocycles. The van der Waals surface area contributed by atoms with Gasteiger partial charge in [-0.25, -0.2) is 0 Å². The number of fused-ring (bicyclic) bond motifs is 14. The summed E-state index contributed by atoms with van der Waals surface area (Å²) < 4.78 is 6.50. The number of hydrogen-bond donors (Lipinski definition) is 0. The molecule has 1 nitrogen and oxygen atoms in total. The molecule has 52 heavy (non-hydrogen) atoms. The number of ether oxygens (including phenoxy) is 1. The molecule has 240 valence electrons. The highest BCUT2D eigenvalue weighted by Crippen LogP contribution is 2.65. The van der Waals surface area contributed by atoms with Crippen molar-refractivity contribution >= 4 is 21.5 Å². The van der Waals surface area contributed by atoms with Crippen molar-refractivity contribution in [1.82, 2.24) is 0 Å². The summed E-state index contributed by atoms with van der Waals surface area (Å²) in [5.74, 6) is 1.82. The van der Waals surface area contributed by atoms with Crippen LogP contribution in [0.15, 0.2) is 182 Å². The van der Waals surface area contributed by atoms with Crippen molar-refractivity contribution in [3.8, 4) is 67.1 Å². The van der Waals surface area contributed by atoms with Crippen LogP contribution in [0.3, 0.4) is 0 Å². The minimum absolute atomic E-state index is 0.436. The zero-order valence-electron chi connectivity index (χ0n) is 28.2. The maximum absolute atomic E-state index is 6.50. The summed E-state index contributed by atoms with van der Waals surface area (Å²) in [5, 5.41) is 4.96. The van der Waals surface area contributed by atoms with E-state index in [1.807, 2.05) is 6.07 Å². The van der Waals surface area contributed by atoms with Crippen LogP contribution in [-0.2, 0) is 5.41 Å². The third-order valence-electron chi connectivity index (χ3n) is 11.9. The summed E-state index contributed by atoms with van der Waals surface area (Å²) in [7, 11) is 0. The summed E-state index contributed by atoms with van der Waals surface area (Å²) in [4.78, 5) is 0. The summed E-state index contributed by atoms with van der Waals surface area (Å²) in [6, 6.07) is 67.2. The van der Waals surface area contributed by atoms with Crippen LogP contribution in [-0.4, -0.2) is 0 Å². The number of rotatable bonds is 2. The Labute approximate surface area is 302 Å². The van der Waals surface area contributed by atoms with E-state index in [1.165, 1.54) is 93.9 Å². The van der Waals surface area contributed by atoms with Crippen molar-refractivity contribution < 1.29 is 4.74 Å². The van der Waals surface area contributed by atoms with Crippen LogP contribution in [0.4, 0.5) is 0 Å². The van der Waals surface area contributed by atoms with E-state index in [4.69, 9.17) is 4.74 Å². The quantitative estimate of drug-likeness (QED) is 0.180. The zero-order valence-corrected chi connectivity index (χ0v) is 28.2. The van der Waals surface area contributed by atoms with Crippen LogP contribution in [0.2, 0.25) is 0 Å². The van der Waals surface area contributed by atoms with E-state index in [2.05, 4.69) is 176 Å². The molecule has 0 N–H and O–H groups in total. The normalized spacial score (nSPS) is 15.5. The highest BCUT2D eigenvalue weighted by atomic mass is 16.5. The van der Waals surface area contributed by atoms with E-state index >= 15 is 0 Å². The molecule has 3 aliphatic rings. The summed E-state index contributed by atoms with van der Waals surface area (Å²) in [5.41, 5.74) is 17.6. The van der Waals surface area contributed by atoms with E-state index in [0.717, 1.165) is 17.1 Å². The Morgan fingerprint density at radius 1 is 0.308 bits per heavy atom. The zero-order chi connectivity index (χ0) is 34.0. The van der Waals surface area contributed by atoms with Crippen LogP contribution >= 0.6 is 0 Å². The molecule has 12 rings (SSSR count). The maximum atomic E-state index is 6.50. The molecule has 0 bridgehead atoms. The van der Waals surface area contributed by atoms with Gasteiger partial charge in [0.1, 0.15) is 11.5 Å². The van der Waals surface area contributed by atoms with Gasteiger partial charge >= 0.3 is 0 Å². The average Bonchev–Trinajstić information content (AvgIpc) is 3.69. The molecule has 1 atom stereocenters. The Balaban J connectivity index is 1.16. The molecule has 0 aromatic heterocycles. The van der Waals surface area contributed by atoms with Crippen molar-refractivity contribution in [1.29, 1.82) is 0 Å². The van der Waals surface area contributed by atoms with Gasteiger partial charge in [0.15, 0.2) is 0 Å². The molecule has 9 aromatic rings. The second-order valence-electron chi connectivity index (χ2n) is 14.3. The summed E-state index contributed by atoms with van der Waals surface area (Å²) in [6.45, 7) is 0. The lowest BCUT2D eigenvalue weighted by atomic mass is 9.69. The van der Waals surface area contributed by atoms with E-state index in [0.29, 0.717) is 0 Å². The largest absolute Gasteiger partial charge is 0.456 e. The molecule has 0 radical (unpaired) electrons. The molecular formula is C51H30O. The summed E-state index contributed by atoms with van der Waals surface area (Å²) >= 11 is 0. The topological polar surface area (TPSA) is 9.23 Å². The Bertz CT molecular complexity index is 3000. The first-order valence-electron chi connectivity index (χ1n) is 18.1. The maximum Gasteiger partial charge on any atom is 0.135 e. The van der Waals surface area contributed by atoms with E-state index in [1.54, 1.807) is 0 Å². The molecule has 1 heterocycles. The standard InChI is InChI=1S/C51H30O/c1-2-14-32-31(13-1)27-28-41-36-17-5-8-23-43(36)51(50(32)41)44-24-9-6-19-42(44)48-38(22-12-25-45(48)51)34-16-4-3-15-33(34)35-29-30-47-49-39(35)20-11-21-40(49)37-18-7-10-26-46(37)52-47/h1-30H. The van der Waals surface area contributed by atoms with Gasteiger partial charge in [0, 0.05) is 10.9 Å². The molecule has 1 heteroatoms. The van der Waals surface area contributed by atoms with Gasteiger partial charge in [0.25, 0.3) is 0 Å². The van der Waals surface area contributed by atoms with Crippen LogP contribution in [0.25, 0.3) is 77.2 Å². The van der Waals surface area contributed by atoms with Crippen molar-refractivity contribution in [3.63, 3.8) is 0 Å². The highest BCUT2D eigenvalue weighted by Gasteiger charge is 2.52. The van der Waals surface area contributed by atoms with Crippen molar-refractivity contribution in [3.05, 3.63) is 204 Å². The molecule has 1 spiro atoms. The smallest absolute Gasteiger partial charge is 0.135 e. The van der Waals surface area contributed by atoms with Gasteiger partial charge in [-0.2, -0.15) is 0 Å². The van der Waals surface area contributed by atoms with Gasteiger partial charge in [0.05, 0.1) is 5.41 Å². The molecule has 9 aromatic carbocycles. The van der Waals surface area contributed by atoms with Gasteiger partial charge < -0.3 is 4.74 Å². The van der Waals surface area contributed by atoms with Crippen LogP contribution < -0.4 is 4.74 Å². The predicted molar refractivity (Wildman–Crippen MR) is 214 cm³/mol. The first-order chi connectivity index (χ1) is 25.8. The number of hydrogen-bond acceptors (Lipinski definition) is 1. The summed E-state index contributed by atoms with van der Waals surface area (Å²) in [6.07, 6.45) is 0. The fourth-order valence-corrected chi connectivity index (χ4v) is 9.96. The Morgan fingerprint density at radius 2 is 0.885 bits per heavy atom. The predicted octanol–water partition coefficient (Wildman–Crippen LogP) is 13.4. The molecular weight excluding hydrogens is 629 g/mol. The van der Waals surface area contributed by atoms with Gasteiger partial charge in [-0.1, -0.05) is 170 Å². The SMILES string of the molecule is c1ccc2c(c1)Oc1ccc(-c3ccccc3-c3cccc4c3-c3ccccc3C43c4ccccc4-c4ccc5ccccc5c43)c3cccc-2c13. The third kappa shape index (κ3) is 3.43. The van der Waals surface area contributed by atoms with Crippen LogP contribution in [0.1, 0.15) is 22.3 Å². The lowest BCUT2D eigenvalue weighted by Crippen LogP contribution is -2.26. The molecule has 0 amide bonds. The van der Waals surface area contributed by atoms with Gasteiger partial charge in [-0.15, -0.1) is 0 Å². The number of benzene rings is 9. The lowest BCUT2D eigenvalue weighted by Gasteiger charge is -2.31. The minimum atomic E-state index is -0.436. The Morgan fingerprint density at radius 3 is 1.75 bits per heavy atom. The van der Waals surface area contributed by atoms with Crippen molar-refractivity contribution in [2.24, 2.45) is 0 Å². The Kier molecular flexibility index (Phi) is 5.49. The van der Waals surface area contributed by atoms with Gasteiger partial charge in [-0.3, -0.25) is 0 Å². The first kappa shape index (κ1) is 28.0. The minimum Gasteiger partial charge on any atom is -0.456 e. The van der Waals surface area contributed by atoms with Crippen molar-refractivity contribution in [2.75, 3.05) is 0 Å². The lowest BCUT2D eigenvalue weighted by molar-refractivity contribution is 0.487. The van der Waals surface area contributed by atoms with Crippen molar-refractivity contribution in [2.45, 2.75) is 5.41 Å². The average molecular weight is 659 g/mol. The number of para-hydroxylation sites is 1. The van der Waals surface area contributed by atoms with Gasteiger partial charge in [-0.05, 0) is 101 Å². The Hall–Kier alpha value is -6.70. The van der Waals surface area contributed by atoms with E-state index in [9.17, 15) is 0 Å². The van der Waals surface area contributed by atoms with Gasteiger partial charge in [0.2, 0.25) is 0 Å². The second-order valence-corrected chi connectivity index (χ2v) is 14.3. The fraction of sp³-hybridized carbons (Fsp3) is 0.0196. The fourth-order valence-electron chi connectivity index (χ4n) is 9.96. The molecule has 2 aliphatic carbocycles. The highest BCUT2D eigenvalue weighted by molar-refractivity contribution is 6.12. The molecule has 0 saturated carbocycles. The first-order valence-corrected chi connectivity index (χ1v) is 18.1. The second kappa shape index (κ2) is 10.2. The van der Waals surface area contributed by atoms with E-state index in [-0.39, 0.29) is 0 Å².